The maximum Gasteiger partial charge on any atom is 0.0653 e. The van der Waals surface area contributed by atoms with Crippen LogP contribution in [0.15, 0.2) is 0 Å². The molecule has 4 saturated carbocycles. The lowest BCUT2D eigenvalue weighted by atomic mass is 9.41. The molecule has 0 aliphatic heterocycles. The van der Waals surface area contributed by atoms with Crippen molar-refractivity contribution in [2.75, 3.05) is 6.61 Å². The predicted molar refractivity (Wildman–Crippen MR) is 88.4 cm³/mol. The van der Waals surface area contributed by atoms with E-state index in [1.807, 2.05) is 0 Å². The quantitative estimate of drug-likeness (QED) is 0.764. The average Bonchev–Trinajstić information content (AvgIpc) is 2.63. The molecule has 2 heteroatoms. The molecular weight excluding hydrogens is 272 g/mol. The molecule has 0 aromatic rings. The monoisotopic (exact) mass is 306 g/mol. The van der Waals surface area contributed by atoms with E-state index in [0.717, 1.165) is 6.42 Å². The highest BCUT2D eigenvalue weighted by Crippen LogP contribution is 2.72. The zero-order chi connectivity index (χ0) is 15.8. The molecule has 4 aliphatic carbocycles. The second-order valence-electron chi connectivity index (χ2n) is 10.3. The van der Waals surface area contributed by atoms with Crippen molar-refractivity contribution in [3.63, 3.8) is 0 Å². The van der Waals surface area contributed by atoms with Crippen LogP contribution in [0.25, 0.3) is 0 Å². The Morgan fingerprint density at radius 1 is 0.955 bits per heavy atom. The maximum atomic E-state index is 10.9. The molecular formula is C20H34O2. The molecule has 0 heterocycles. The molecule has 0 amide bonds. The Morgan fingerprint density at radius 2 is 1.73 bits per heavy atom. The van der Waals surface area contributed by atoms with Crippen LogP contribution >= 0.6 is 0 Å². The second kappa shape index (κ2) is 4.51. The van der Waals surface area contributed by atoms with Crippen LogP contribution < -0.4 is 0 Å². The summed E-state index contributed by atoms with van der Waals surface area (Å²) in [6.07, 6.45) is 11.0. The molecule has 0 radical (unpaired) electrons. The van der Waals surface area contributed by atoms with Crippen LogP contribution in [0.5, 0.6) is 0 Å². The summed E-state index contributed by atoms with van der Waals surface area (Å²) in [5, 5.41) is 21.4. The van der Waals surface area contributed by atoms with Crippen LogP contribution in [0.2, 0.25) is 0 Å². The van der Waals surface area contributed by atoms with E-state index >= 15 is 0 Å². The van der Waals surface area contributed by atoms with Gasteiger partial charge in [-0.25, -0.2) is 0 Å². The van der Waals surface area contributed by atoms with Crippen LogP contribution in [-0.2, 0) is 0 Å². The van der Waals surface area contributed by atoms with E-state index in [2.05, 4.69) is 20.8 Å². The van der Waals surface area contributed by atoms with Crippen molar-refractivity contribution < 1.29 is 10.2 Å². The van der Waals surface area contributed by atoms with Gasteiger partial charge in [-0.15, -0.1) is 0 Å². The SMILES string of the molecule is CC1(C)CCC[C@@]2(CO)[C@@H]3CC[C@H]4C[C@@]3(CC[C@@H]12)C[C@@]4(C)O. The number of aliphatic hydroxyl groups is 2. The highest BCUT2D eigenvalue weighted by atomic mass is 16.3. The molecule has 0 aromatic heterocycles. The second-order valence-corrected chi connectivity index (χ2v) is 10.3. The molecule has 0 saturated heterocycles. The van der Waals surface area contributed by atoms with Gasteiger partial charge in [-0.1, -0.05) is 20.3 Å². The molecule has 1 spiro atoms. The molecule has 22 heavy (non-hydrogen) atoms. The van der Waals surface area contributed by atoms with Gasteiger partial charge in [0.2, 0.25) is 0 Å². The fourth-order valence-corrected chi connectivity index (χ4v) is 8.08. The Morgan fingerprint density at radius 3 is 2.45 bits per heavy atom. The molecule has 4 fully saturated rings. The molecule has 4 rings (SSSR count). The van der Waals surface area contributed by atoms with E-state index in [1.54, 1.807) is 0 Å². The van der Waals surface area contributed by atoms with Crippen molar-refractivity contribution in [1.29, 1.82) is 0 Å². The Labute approximate surface area is 135 Å². The number of fused-ring (bicyclic) bond motifs is 3. The molecule has 6 atom stereocenters. The minimum Gasteiger partial charge on any atom is -0.396 e. The first-order valence-corrected chi connectivity index (χ1v) is 9.59. The van der Waals surface area contributed by atoms with Gasteiger partial charge in [0.25, 0.3) is 0 Å². The van der Waals surface area contributed by atoms with E-state index in [1.165, 1.54) is 51.4 Å². The van der Waals surface area contributed by atoms with Crippen molar-refractivity contribution in [2.45, 2.75) is 84.2 Å². The van der Waals surface area contributed by atoms with Gasteiger partial charge in [-0.05, 0) is 86.9 Å². The van der Waals surface area contributed by atoms with Crippen LogP contribution in [0.3, 0.4) is 0 Å². The lowest BCUT2D eigenvalue weighted by Gasteiger charge is -2.64. The fraction of sp³-hybridized carbons (Fsp3) is 1.00. The Bertz CT molecular complexity index is 468. The minimum atomic E-state index is -0.456. The third-order valence-corrected chi connectivity index (χ3v) is 8.81. The normalized spacial score (nSPS) is 56.3. The Hall–Kier alpha value is -0.0800. The highest BCUT2D eigenvalue weighted by Gasteiger charge is 2.67. The van der Waals surface area contributed by atoms with E-state index in [9.17, 15) is 10.2 Å². The average molecular weight is 306 g/mol. The van der Waals surface area contributed by atoms with Gasteiger partial charge in [0.15, 0.2) is 0 Å². The van der Waals surface area contributed by atoms with Crippen LogP contribution in [0.1, 0.15) is 78.6 Å². The Balaban J connectivity index is 1.76. The van der Waals surface area contributed by atoms with Gasteiger partial charge >= 0.3 is 0 Å². The molecule has 2 N–H and O–H groups in total. The van der Waals surface area contributed by atoms with Gasteiger partial charge in [0.05, 0.1) is 5.60 Å². The van der Waals surface area contributed by atoms with Crippen LogP contribution in [0.4, 0.5) is 0 Å². The molecule has 0 unspecified atom stereocenters. The van der Waals surface area contributed by atoms with Gasteiger partial charge in [0, 0.05) is 12.0 Å². The van der Waals surface area contributed by atoms with Crippen LogP contribution in [-0.4, -0.2) is 22.4 Å². The van der Waals surface area contributed by atoms with Gasteiger partial charge < -0.3 is 10.2 Å². The first-order chi connectivity index (χ1) is 10.3. The summed E-state index contributed by atoms with van der Waals surface area (Å²) in [5.74, 6) is 1.83. The summed E-state index contributed by atoms with van der Waals surface area (Å²) in [6, 6.07) is 0. The lowest BCUT2D eigenvalue weighted by molar-refractivity contribution is -0.174. The van der Waals surface area contributed by atoms with E-state index < -0.39 is 5.60 Å². The number of aliphatic hydroxyl groups excluding tert-OH is 1. The minimum absolute atomic E-state index is 0.144. The maximum absolute atomic E-state index is 10.9. The van der Waals surface area contributed by atoms with Gasteiger partial charge in [0.1, 0.15) is 0 Å². The summed E-state index contributed by atoms with van der Waals surface area (Å²) in [7, 11) is 0. The summed E-state index contributed by atoms with van der Waals surface area (Å²) < 4.78 is 0. The zero-order valence-corrected chi connectivity index (χ0v) is 14.7. The van der Waals surface area contributed by atoms with E-state index in [0.29, 0.717) is 35.2 Å². The molecule has 2 bridgehead atoms. The van der Waals surface area contributed by atoms with Crippen molar-refractivity contribution >= 4 is 0 Å². The fourth-order valence-electron chi connectivity index (χ4n) is 8.08. The predicted octanol–water partition coefficient (Wildman–Crippen LogP) is 4.14. The third-order valence-electron chi connectivity index (χ3n) is 8.81. The van der Waals surface area contributed by atoms with Crippen molar-refractivity contribution in [1.82, 2.24) is 0 Å². The molecule has 4 aliphatic rings. The highest BCUT2D eigenvalue weighted by molar-refractivity contribution is 5.16. The van der Waals surface area contributed by atoms with E-state index in [-0.39, 0.29) is 5.41 Å². The standard InChI is InChI=1S/C20H34O2/c1-17(2)8-4-9-20(13-21)15(17)7-10-19-11-14(5-6-16(19)20)18(3,22)12-19/h14-16,21-22H,4-13H2,1-3H3/t14-,15-,16+,18+,19-,20-/m0/s1. The molecule has 2 nitrogen and oxygen atoms in total. The zero-order valence-electron chi connectivity index (χ0n) is 14.7. The molecule has 126 valence electrons. The van der Waals surface area contributed by atoms with Crippen molar-refractivity contribution in [3.8, 4) is 0 Å². The number of hydrogen-bond acceptors (Lipinski definition) is 2. The lowest BCUT2D eigenvalue weighted by Crippen LogP contribution is -2.58. The number of rotatable bonds is 1. The first kappa shape index (κ1) is 15.4. The smallest absolute Gasteiger partial charge is 0.0653 e. The topological polar surface area (TPSA) is 40.5 Å². The summed E-state index contributed by atoms with van der Waals surface area (Å²) in [5.41, 5.74) is 0.396. The largest absolute Gasteiger partial charge is 0.396 e. The van der Waals surface area contributed by atoms with Crippen LogP contribution in [0, 0.1) is 34.0 Å². The number of hydrogen-bond donors (Lipinski definition) is 2. The van der Waals surface area contributed by atoms with E-state index in [4.69, 9.17) is 0 Å². The summed E-state index contributed by atoms with van der Waals surface area (Å²) in [4.78, 5) is 0. The summed E-state index contributed by atoms with van der Waals surface area (Å²) in [6.45, 7) is 7.34. The Kier molecular flexibility index (Phi) is 3.16. The molecule has 0 aromatic carbocycles. The van der Waals surface area contributed by atoms with Gasteiger partial charge in [-0.2, -0.15) is 0 Å². The third kappa shape index (κ3) is 1.80. The van der Waals surface area contributed by atoms with Crippen molar-refractivity contribution in [3.05, 3.63) is 0 Å². The first-order valence-electron chi connectivity index (χ1n) is 9.59. The summed E-state index contributed by atoms with van der Waals surface area (Å²) >= 11 is 0. The van der Waals surface area contributed by atoms with Gasteiger partial charge in [-0.3, -0.25) is 0 Å². The van der Waals surface area contributed by atoms with Crippen molar-refractivity contribution in [2.24, 2.45) is 34.0 Å².